The number of piperidine rings is 1. The van der Waals surface area contributed by atoms with Gasteiger partial charge in [0.2, 0.25) is 5.91 Å². The zero-order valence-electron chi connectivity index (χ0n) is 12.9. The van der Waals surface area contributed by atoms with E-state index in [0.29, 0.717) is 18.9 Å². The van der Waals surface area contributed by atoms with Crippen LogP contribution in [0.5, 0.6) is 0 Å². The Hall–Kier alpha value is -1.29. The molecule has 1 amide bonds. The Labute approximate surface area is 126 Å². The summed E-state index contributed by atoms with van der Waals surface area (Å²) in [6, 6.07) is 4.16. The standard InChI is InChI=1S/C17H26N2O2/c1-13-11-15(13)16-6-5-14(21-16)12-18-8-7-17(20)19-9-3-2-4-10-19/h5-6,13,15,18H,2-4,7-12H2,1H3. The van der Waals surface area contributed by atoms with E-state index in [9.17, 15) is 4.79 Å². The molecule has 4 nitrogen and oxygen atoms in total. The van der Waals surface area contributed by atoms with Crippen LogP contribution < -0.4 is 5.32 Å². The number of carbonyl (C=O) groups excluding carboxylic acids is 1. The summed E-state index contributed by atoms with van der Waals surface area (Å²) < 4.78 is 5.84. The van der Waals surface area contributed by atoms with Gasteiger partial charge in [0.25, 0.3) is 0 Å². The summed E-state index contributed by atoms with van der Waals surface area (Å²) in [6.45, 7) is 5.59. The Morgan fingerprint density at radius 3 is 2.81 bits per heavy atom. The van der Waals surface area contributed by atoms with Crippen LogP contribution in [0.1, 0.15) is 56.5 Å². The lowest BCUT2D eigenvalue weighted by atomic mass is 10.1. The number of amides is 1. The lowest BCUT2D eigenvalue weighted by Crippen LogP contribution is -2.37. The molecule has 2 aliphatic rings. The van der Waals surface area contributed by atoms with Crippen molar-refractivity contribution in [2.24, 2.45) is 5.92 Å². The lowest BCUT2D eigenvalue weighted by Gasteiger charge is -2.26. The van der Waals surface area contributed by atoms with Gasteiger partial charge >= 0.3 is 0 Å². The van der Waals surface area contributed by atoms with Crippen molar-refractivity contribution in [3.05, 3.63) is 23.7 Å². The quantitative estimate of drug-likeness (QED) is 0.819. The predicted molar refractivity (Wildman–Crippen MR) is 82.0 cm³/mol. The predicted octanol–water partition coefficient (Wildman–Crippen LogP) is 2.90. The number of nitrogens with zero attached hydrogens (tertiary/aromatic N) is 1. The van der Waals surface area contributed by atoms with Gasteiger partial charge in [-0.15, -0.1) is 0 Å². The molecule has 1 aliphatic carbocycles. The second-order valence-electron chi connectivity index (χ2n) is 6.49. The smallest absolute Gasteiger partial charge is 0.223 e. The van der Waals surface area contributed by atoms with Crippen LogP contribution in [0.4, 0.5) is 0 Å². The molecule has 0 aromatic carbocycles. The molecule has 0 spiro atoms. The Morgan fingerprint density at radius 2 is 2.10 bits per heavy atom. The monoisotopic (exact) mass is 290 g/mol. The largest absolute Gasteiger partial charge is 0.464 e. The first-order valence-electron chi connectivity index (χ1n) is 8.31. The normalized spacial score (nSPS) is 25.1. The van der Waals surface area contributed by atoms with Gasteiger partial charge in [-0.1, -0.05) is 6.92 Å². The molecule has 1 aliphatic heterocycles. The van der Waals surface area contributed by atoms with Crippen LogP contribution in [0.2, 0.25) is 0 Å². The van der Waals surface area contributed by atoms with E-state index in [2.05, 4.69) is 24.4 Å². The SMILES string of the molecule is CC1CC1c1ccc(CNCCC(=O)N2CCCCC2)o1. The van der Waals surface area contributed by atoms with E-state index < -0.39 is 0 Å². The van der Waals surface area contributed by atoms with Crippen molar-refractivity contribution in [2.45, 2.75) is 51.5 Å². The van der Waals surface area contributed by atoms with E-state index in [1.165, 1.54) is 12.8 Å². The minimum Gasteiger partial charge on any atom is -0.464 e. The molecule has 2 heterocycles. The van der Waals surface area contributed by atoms with Crippen molar-refractivity contribution in [2.75, 3.05) is 19.6 Å². The van der Waals surface area contributed by atoms with Gasteiger partial charge in [-0.05, 0) is 43.7 Å². The molecule has 1 aromatic rings. The molecule has 21 heavy (non-hydrogen) atoms. The Morgan fingerprint density at radius 1 is 1.33 bits per heavy atom. The lowest BCUT2D eigenvalue weighted by molar-refractivity contribution is -0.131. The van der Waals surface area contributed by atoms with Crippen LogP contribution in [0.15, 0.2) is 16.5 Å². The van der Waals surface area contributed by atoms with Crippen LogP contribution in [-0.4, -0.2) is 30.4 Å². The third-order valence-corrected chi connectivity index (χ3v) is 4.68. The van der Waals surface area contributed by atoms with Crippen molar-refractivity contribution in [1.82, 2.24) is 10.2 Å². The minimum absolute atomic E-state index is 0.286. The second-order valence-corrected chi connectivity index (χ2v) is 6.49. The molecule has 1 N–H and O–H groups in total. The number of furan rings is 1. The molecule has 0 bridgehead atoms. The van der Waals surface area contributed by atoms with Crippen molar-refractivity contribution in [1.29, 1.82) is 0 Å². The zero-order valence-corrected chi connectivity index (χ0v) is 12.9. The maximum atomic E-state index is 12.0. The van der Waals surface area contributed by atoms with Crippen LogP contribution in [0.25, 0.3) is 0 Å². The van der Waals surface area contributed by atoms with E-state index in [1.807, 2.05) is 4.90 Å². The van der Waals surface area contributed by atoms with Gasteiger partial charge in [0, 0.05) is 32.0 Å². The average Bonchev–Trinajstić information content (AvgIpc) is 3.06. The molecular weight excluding hydrogens is 264 g/mol. The fourth-order valence-electron chi connectivity index (χ4n) is 3.12. The Kier molecular flexibility index (Phi) is 4.63. The number of rotatable bonds is 6. The molecule has 1 saturated heterocycles. The van der Waals surface area contributed by atoms with E-state index in [1.54, 1.807) is 0 Å². The van der Waals surface area contributed by atoms with Gasteiger partial charge < -0.3 is 14.6 Å². The molecule has 2 fully saturated rings. The van der Waals surface area contributed by atoms with Crippen molar-refractivity contribution >= 4 is 5.91 Å². The van der Waals surface area contributed by atoms with E-state index in [4.69, 9.17) is 4.42 Å². The van der Waals surface area contributed by atoms with Crippen LogP contribution in [-0.2, 0) is 11.3 Å². The summed E-state index contributed by atoms with van der Waals surface area (Å²) in [5, 5.41) is 3.31. The van der Waals surface area contributed by atoms with Crippen LogP contribution in [0.3, 0.4) is 0 Å². The molecule has 116 valence electrons. The molecule has 2 unspecified atom stereocenters. The summed E-state index contributed by atoms with van der Waals surface area (Å²) in [7, 11) is 0. The molecular formula is C17H26N2O2. The Balaban J connectivity index is 1.34. The molecule has 4 heteroatoms. The number of hydrogen-bond donors (Lipinski definition) is 1. The number of carbonyl (C=O) groups is 1. The van der Waals surface area contributed by atoms with Gasteiger partial charge in [0.05, 0.1) is 6.54 Å². The van der Waals surface area contributed by atoms with Gasteiger partial charge in [0.1, 0.15) is 11.5 Å². The van der Waals surface area contributed by atoms with E-state index in [-0.39, 0.29) is 5.91 Å². The summed E-state index contributed by atoms with van der Waals surface area (Å²) in [5.41, 5.74) is 0. The molecule has 3 rings (SSSR count). The fraction of sp³-hybridized carbons (Fsp3) is 0.706. The fourth-order valence-corrected chi connectivity index (χ4v) is 3.12. The van der Waals surface area contributed by atoms with E-state index in [0.717, 1.165) is 49.9 Å². The highest BCUT2D eigenvalue weighted by molar-refractivity contribution is 5.76. The van der Waals surface area contributed by atoms with Crippen LogP contribution in [0, 0.1) is 5.92 Å². The van der Waals surface area contributed by atoms with E-state index >= 15 is 0 Å². The van der Waals surface area contributed by atoms with Gasteiger partial charge in [-0.3, -0.25) is 4.79 Å². The van der Waals surface area contributed by atoms with Gasteiger partial charge in [-0.2, -0.15) is 0 Å². The summed E-state index contributed by atoms with van der Waals surface area (Å²) in [6.07, 6.45) is 5.43. The number of hydrogen-bond acceptors (Lipinski definition) is 3. The molecule has 0 radical (unpaired) electrons. The molecule has 1 saturated carbocycles. The first-order valence-corrected chi connectivity index (χ1v) is 8.31. The van der Waals surface area contributed by atoms with Gasteiger partial charge in [0.15, 0.2) is 0 Å². The zero-order chi connectivity index (χ0) is 14.7. The third-order valence-electron chi connectivity index (χ3n) is 4.68. The molecule has 2 atom stereocenters. The maximum absolute atomic E-state index is 12.0. The van der Waals surface area contributed by atoms with Crippen molar-refractivity contribution < 1.29 is 9.21 Å². The summed E-state index contributed by atoms with van der Waals surface area (Å²) in [4.78, 5) is 14.0. The van der Waals surface area contributed by atoms with Crippen LogP contribution >= 0.6 is 0 Å². The second kappa shape index (κ2) is 6.65. The first kappa shape index (κ1) is 14.6. The summed E-state index contributed by atoms with van der Waals surface area (Å²) >= 11 is 0. The van der Waals surface area contributed by atoms with Crippen molar-refractivity contribution in [3.8, 4) is 0 Å². The van der Waals surface area contributed by atoms with Gasteiger partial charge in [-0.25, -0.2) is 0 Å². The highest BCUT2D eigenvalue weighted by Gasteiger charge is 2.36. The number of nitrogens with one attached hydrogen (secondary N) is 1. The minimum atomic E-state index is 0.286. The highest BCUT2D eigenvalue weighted by atomic mass is 16.3. The van der Waals surface area contributed by atoms with Crippen molar-refractivity contribution in [3.63, 3.8) is 0 Å². The maximum Gasteiger partial charge on any atom is 0.223 e. The third kappa shape index (κ3) is 3.88. The average molecular weight is 290 g/mol. The summed E-state index contributed by atoms with van der Waals surface area (Å²) in [5.74, 6) is 3.81. The first-order chi connectivity index (χ1) is 10.2. The number of likely N-dealkylation sites (tertiary alicyclic amines) is 1. The molecule has 1 aromatic heterocycles. The Bertz CT molecular complexity index is 477. The highest BCUT2D eigenvalue weighted by Crippen LogP contribution is 2.47. The topological polar surface area (TPSA) is 45.5 Å².